The summed E-state index contributed by atoms with van der Waals surface area (Å²) < 4.78 is 31.1. The number of benzene rings is 1. The zero-order valence-corrected chi connectivity index (χ0v) is 10.9. The van der Waals surface area contributed by atoms with Crippen LogP contribution in [0.3, 0.4) is 0 Å². The van der Waals surface area contributed by atoms with Crippen LogP contribution in [0, 0.1) is 5.41 Å². The summed E-state index contributed by atoms with van der Waals surface area (Å²) in [5, 5.41) is 7.40. The van der Waals surface area contributed by atoms with E-state index in [0.29, 0.717) is 5.56 Å². The minimum Gasteiger partial charge on any atom is -0.452 e. The Labute approximate surface area is 110 Å². The van der Waals surface area contributed by atoms with E-state index in [1.54, 1.807) is 35.1 Å². The maximum atomic E-state index is 11.6. The van der Waals surface area contributed by atoms with Crippen LogP contribution in [0.5, 0.6) is 0 Å². The lowest BCUT2D eigenvalue weighted by molar-refractivity contribution is 0.177. The summed E-state index contributed by atoms with van der Waals surface area (Å²) in [6, 6.07) is 7.23. The number of carbonyl (C=O) groups is 1. The fraction of sp³-hybridized carbons (Fsp3) is 0.200. The van der Waals surface area contributed by atoms with Crippen LogP contribution in [0.1, 0.15) is 11.6 Å². The third-order valence-electron chi connectivity index (χ3n) is 2.12. The van der Waals surface area contributed by atoms with E-state index in [1.165, 1.54) is 0 Å². The van der Waals surface area contributed by atoms with Gasteiger partial charge in [0.25, 0.3) is 0 Å². The summed E-state index contributed by atoms with van der Waals surface area (Å²) >= 11 is 0. The van der Waals surface area contributed by atoms with Gasteiger partial charge in [-0.05, 0) is 5.56 Å². The van der Waals surface area contributed by atoms with Crippen molar-refractivity contribution in [3.63, 3.8) is 0 Å². The number of ether oxygens (including phenoxy) is 1. The van der Waals surface area contributed by atoms with E-state index < -0.39 is 28.2 Å². The number of amides is 1. The van der Waals surface area contributed by atoms with Gasteiger partial charge in [0.2, 0.25) is 0 Å². The predicted molar refractivity (Wildman–Crippen MR) is 68.7 cm³/mol. The number of carbonyl (C=O) groups excluding carboxylic acids is 1. The van der Waals surface area contributed by atoms with Crippen LogP contribution in [-0.2, 0) is 14.9 Å². The minimum atomic E-state index is -4.18. The molecule has 0 aliphatic rings. The molecule has 1 unspecified atom stereocenters. The molecule has 104 valence electrons. The molecule has 0 saturated carbocycles. The zero-order chi connectivity index (χ0) is 14.5. The highest BCUT2D eigenvalue weighted by Gasteiger charge is 2.23. The fourth-order valence-electron chi connectivity index (χ4n) is 1.29. The van der Waals surface area contributed by atoms with Crippen LogP contribution >= 0.6 is 0 Å². The highest BCUT2D eigenvalue weighted by atomic mass is 32.2. The van der Waals surface area contributed by atoms with Crippen LogP contribution in [0.15, 0.2) is 30.3 Å². The summed E-state index contributed by atoms with van der Waals surface area (Å²) in [4.78, 5) is 10.9. The van der Waals surface area contributed by atoms with Crippen LogP contribution in [-0.4, -0.2) is 27.5 Å². The van der Waals surface area contributed by atoms with Gasteiger partial charge in [0.05, 0.1) is 7.11 Å². The average Bonchev–Trinajstić information content (AvgIpc) is 2.36. The molecule has 1 atom stereocenters. The zero-order valence-electron chi connectivity index (χ0n) is 10.1. The standard InChI is InChI=1S/C10H14N4O4S/c1-18-10(15)14-19(16,17)13-8(9(11)12)7-5-3-2-4-6-7/h2-6,8,13H,1H3,(H3,11,12)(H,14,15). The Kier molecular flexibility index (Phi) is 4.84. The molecule has 0 aliphatic carbocycles. The molecule has 1 aromatic carbocycles. The van der Waals surface area contributed by atoms with Gasteiger partial charge in [-0.25, -0.2) is 9.52 Å². The van der Waals surface area contributed by atoms with Crippen molar-refractivity contribution in [1.29, 1.82) is 5.41 Å². The molecule has 0 heterocycles. The quantitative estimate of drug-likeness (QED) is 0.441. The number of rotatable bonds is 5. The molecule has 0 bridgehead atoms. The lowest BCUT2D eigenvalue weighted by atomic mass is 10.1. The van der Waals surface area contributed by atoms with E-state index in [0.717, 1.165) is 7.11 Å². The monoisotopic (exact) mass is 286 g/mol. The molecular weight excluding hydrogens is 272 g/mol. The van der Waals surface area contributed by atoms with E-state index in [1.807, 2.05) is 0 Å². The Morgan fingerprint density at radius 3 is 2.42 bits per heavy atom. The van der Waals surface area contributed by atoms with E-state index in [9.17, 15) is 13.2 Å². The highest BCUT2D eigenvalue weighted by Crippen LogP contribution is 2.12. The molecule has 19 heavy (non-hydrogen) atoms. The first-order chi connectivity index (χ1) is 8.85. The summed E-state index contributed by atoms with van der Waals surface area (Å²) in [5.74, 6) is -0.401. The van der Waals surface area contributed by atoms with Crippen LogP contribution in [0.4, 0.5) is 4.79 Å². The molecular formula is C10H14N4O4S. The third kappa shape index (κ3) is 4.56. The smallest absolute Gasteiger partial charge is 0.421 e. The summed E-state index contributed by atoms with van der Waals surface area (Å²) in [7, 11) is -3.15. The van der Waals surface area contributed by atoms with E-state index in [-0.39, 0.29) is 0 Å². The van der Waals surface area contributed by atoms with Crippen LogP contribution < -0.4 is 15.2 Å². The average molecular weight is 286 g/mol. The molecule has 0 fully saturated rings. The number of hydrogen-bond acceptors (Lipinski definition) is 5. The van der Waals surface area contributed by atoms with Gasteiger partial charge in [0.15, 0.2) is 0 Å². The van der Waals surface area contributed by atoms with E-state index >= 15 is 0 Å². The van der Waals surface area contributed by atoms with E-state index in [4.69, 9.17) is 11.1 Å². The first-order valence-corrected chi connectivity index (χ1v) is 6.61. The topological polar surface area (TPSA) is 134 Å². The first-order valence-electron chi connectivity index (χ1n) is 5.12. The lowest BCUT2D eigenvalue weighted by Crippen LogP contribution is -2.45. The second-order valence-corrected chi connectivity index (χ2v) is 4.96. The fourth-order valence-corrected chi connectivity index (χ4v) is 2.23. The number of nitrogens with one attached hydrogen (secondary N) is 3. The van der Waals surface area contributed by atoms with Crippen molar-refractivity contribution in [2.75, 3.05) is 7.11 Å². The molecule has 8 nitrogen and oxygen atoms in total. The van der Waals surface area contributed by atoms with Crippen molar-refractivity contribution in [3.8, 4) is 0 Å². The number of methoxy groups -OCH3 is 1. The Balaban J connectivity index is 2.92. The second kappa shape index (κ2) is 6.16. The number of nitrogens with two attached hydrogens (primary N) is 1. The maximum absolute atomic E-state index is 11.6. The molecule has 0 aromatic heterocycles. The van der Waals surface area contributed by atoms with Crippen LogP contribution in [0.25, 0.3) is 0 Å². The maximum Gasteiger partial charge on any atom is 0.421 e. The van der Waals surface area contributed by atoms with Crippen molar-refractivity contribution >= 4 is 22.1 Å². The van der Waals surface area contributed by atoms with Gasteiger partial charge in [-0.1, -0.05) is 30.3 Å². The van der Waals surface area contributed by atoms with Gasteiger partial charge in [-0.15, -0.1) is 0 Å². The van der Waals surface area contributed by atoms with Gasteiger partial charge in [-0.2, -0.15) is 13.1 Å². The van der Waals surface area contributed by atoms with Gasteiger partial charge in [-0.3, -0.25) is 5.41 Å². The summed E-state index contributed by atoms with van der Waals surface area (Å²) in [6.45, 7) is 0. The minimum absolute atomic E-state index is 0.401. The van der Waals surface area contributed by atoms with Crippen molar-refractivity contribution in [2.24, 2.45) is 5.73 Å². The molecule has 5 N–H and O–H groups in total. The van der Waals surface area contributed by atoms with Crippen molar-refractivity contribution in [2.45, 2.75) is 6.04 Å². The molecule has 9 heteroatoms. The summed E-state index contributed by atoms with van der Waals surface area (Å²) in [6.07, 6.45) is -1.14. The second-order valence-electron chi connectivity index (χ2n) is 3.51. The summed E-state index contributed by atoms with van der Waals surface area (Å²) in [5.41, 5.74) is 5.83. The number of hydrogen-bond donors (Lipinski definition) is 4. The van der Waals surface area contributed by atoms with Crippen molar-refractivity contribution in [3.05, 3.63) is 35.9 Å². The first kappa shape index (κ1) is 14.9. The van der Waals surface area contributed by atoms with Gasteiger partial charge in [0.1, 0.15) is 11.9 Å². The SMILES string of the molecule is COC(=O)NS(=O)(=O)NC(C(=N)N)c1ccccc1. The normalized spacial score (nSPS) is 12.5. The van der Waals surface area contributed by atoms with E-state index in [2.05, 4.69) is 9.46 Å². The molecule has 0 saturated heterocycles. The number of amidine groups is 1. The molecule has 1 aromatic rings. The third-order valence-corrected chi connectivity index (χ3v) is 3.10. The van der Waals surface area contributed by atoms with Gasteiger partial charge < -0.3 is 10.5 Å². The Bertz CT molecular complexity index is 558. The molecule has 1 rings (SSSR count). The Hall–Kier alpha value is -2.13. The van der Waals surface area contributed by atoms with Crippen molar-refractivity contribution in [1.82, 2.24) is 9.44 Å². The van der Waals surface area contributed by atoms with Gasteiger partial charge in [0, 0.05) is 0 Å². The predicted octanol–water partition coefficient (Wildman–Crippen LogP) is -0.146. The molecule has 0 spiro atoms. The van der Waals surface area contributed by atoms with Gasteiger partial charge >= 0.3 is 16.3 Å². The Morgan fingerprint density at radius 2 is 1.95 bits per heavy atom. The molecule has 1 amide bonds. The van der Waals surface area contributed by atoms with Crippen molar-refractivity contribution < 1.29 is 17.9 Å². The lowest BCUT2D eigenvalue weighted by Gasteiger charge is -2.17. The molecule has 0 radical (unpaired) electrons. The largest absolute Gasteiger partial charge is 0.452 e. The van der Waals surface area contributed by atoms with Crippen LogP contribution in [0.2, 0.25) is 0 Å². The molecule has 0 aliphatic heterocycles. The highest BCUT2D eigenvalue weighted by molar-refractivity contribution is 7.88. The Morgan fingerprint density at radius 1 is 1.37 bits per heavy atom.